The van der Waals surface area contributed by atoms with Gasteiger partial charge in [0.2, 0.25) is 0 Å². The Bertz CT molecular complexity index is 499. The minimum atomic E-state index is -2.95. The van der Waals surface area contributed by atoms with Gasteiger partial charge in [0.25, 0.3) is 0 Å². The second-order valence-electron chi connectivity index (χ2n) is 5.46. The van der Waals surface area contributed by atoms with Gasteiger partial charge in [-0.25, -0.2) is 8.42 Å². The third-order valence-electron chi connectivity index (χ3n) is 3.90. The Morgan fingerprint density at radius 1 is 1.17 bits per heavy atom. The van der Waals surface area contributed by atoms with E-state index in [4.69, 9.17) is 5.73 Å². The van der Waals surface area contributed by atoms with Gasteiger partial charge in [-0.3, -0.25) is 0 Å². The lowest BCUT2D eigenvalue weighted by Crippen LogP contribution is -2.31. The van der Waals surface area contributed by atoms with Crippen molar-refractivity contribution in [3.63, 3.8) is 0 Å². The molecule has 100 valence electrons. The van der Waals surface area contributed by atoms with Crippen molar-refractivity contribution in [1.82, 2.24) is 0 Å². The lowest BCUT2D eigenvalue weighted by Gasteiger charge is -2.29. The summed E-state index contributed by atoms with van der Waals surface area (Å²) in [5.74, 6) is 0.266. The normalized spacial score (nSPS) is 19.0. The molecule has 4 heteroatoms. The summed E-state index contributed by atoms with van der Waals surface area (Å²) in [5.41, 5.74) is 7.67. The molecule has 0 aliphatic heterocycles. The smallest absolute Gasteiger partial charge is 0.148 e. The zero-order valence-electron chi connectivity index (χ0n) is 10.9. The van der Waals surface area contributed by atoms with Crippen LogP contribution in [-0.2, 0) is 21.8 Å². The number of sulfone groups is 1. The molecule has 0 bridgehead atoms. The highest BCUT2D eigenvalue weighted by atomic mass is 32.2. The first kappa shape index (κ1) is 13.6. The number of hydrogen-bond donors (Lipinski definition) is 1. The average Bonchev–Trinajstić information content (AvgIpc) is 2.76. The molecule has 0 spiro atoms. The molecule has 18 heavy (non-hydrogen) atoms. The highest BCUT2D eigenvalue weighted by molar-refractivity contribution is 7.90. The van der Waals surface area contributed by atoms with Gasteiger partial charge in [0.15, 0.2) is 0 Å². The Labute approximate surface area is 109 Å². The van der Waals surface area contributed by atoms with Crippen LogP contribution in [0.2, 0.25) is 0 Å². The minimum Gasteiger partial charge on any atom is -0.326 e. The van der Waals surface area contributed by atoms with Crippen LogP contribution >= 0.6 is 0 Å². The van der Waals surface area contributed by atoms with E-state index in [1.54, 1.807) is 0 Å². The summed E-state index contributed by atoms with van der Waals surface area (Å²) >= 11 is 0. The molecule has 1 aromatic rings. The molecule has 1 saturated carbocycles. The van der Waals surface area contributed by atoms with Crippen LogP contribution in [0.3, 0.4) is 0 Å². The van der Waals surface area contributed by atoms with Crippen molar-refractivity contribution in [2.75, 3.05) is 12.0 Å². The predicted octanol–water partition coefficient (Wildman–Crippen LogP) is 2.00. The van der Waals surface area contributed by atoms with Crippen LogP contribution in [0.15, 0.2) is 24.3 Å². The van der Waals surface area contributed by atoms with Gasteiger partial charge in [-0.15, -0.1) is 0 Å². The van der Waals surface area contributed by atoms with E-state index in [2.05, 4.69) is 12.1 Å². The van der Waals surface area contributed by atoms with Crippen molar-refractivity contribution in [3.8, 4) is 0 Å². The molecule has 1 aliphatic carbocycles. The van der Waals surface area contributed by atoms with Gasteiger partial charge in [0.05, 0.1) is 5.75 Å². The predicted molar refractivity (Wildman–Crippen MR) is 74.2 cm³/mol. The summed E-state index contributed by atoms with van der Waals surface area (Å²) in [6, 6.07) is 8.13. The third-order valence-corrected chi connectivity index (χ3v) is 4.98. The third kappa shape index (κ3) is 2.93. The second kappa shape index (κ2) is 5.02. The number of benzene rings is 1. The SMILES string of the molecule is CS(=O)(=O)CC1(c2ccc(CN)cc2)CCCC1. The molecule has 2 rings (SSSR count). The lowest BCUT2D eigenvalue weighted by atomic mass is 9.80. The van der Waals surface area contributed by atoms with Crippen LogP contribution in [-0.4, -0.2) is 20.4 Å². The van der Waals surface area contributed by atoms with E-state index < -0.39 is 9.84 Å². The molecule has 1 aliphatic rings. The van der Waals surface area contributed by atoms with Crippen LogP contribution in [0.25, 0.3) is 0 Å². The lowest BCUT2D eigenvalue weighted by molar-refractivity contribution is 0.483. The van der Waals surface area contributed by atoms with Crippen molar-refractivity contribution >= 4 is 9.84 Å². The summed E-state index contributed by atoms with van der Waals surface area (Å²) in [6.45, 7) is 0.527. The van der Waals surface area contributed by atoms with Gasteiger partial charge in [-0.2, -0.15) is 0 Å². The molecule has 0 amide bonds. The van der Waals surface area contributed by atoms with Crippen molar-refractivity contribution in [2.45, 2.75) is 37.6 Å². The molecule has 2 N–H and O–H groups in total. The van der Waals surface area contributed by atoms with Crippen LogP contribution in [0.4, 0.5) is 0 Å². The van der Waals surface area contributed by atoms with E-state index in [1.807, 2.05) is 12.1 Å². The zero-order chi connectivity index (χ0) is 13.2. The molecular formula is C14H21NO2S. The number of nitrogens with two attached hydrogens (primary N) is 1. The molecule has 3 nitrogen and oxygen atoms in total. The summed E-state index contributed by atoms with van der Waals surface area (Å²) in [5, 5.41) is 0. The maximum Gasteiger partial charge on any atom is 0.148 e. The molecule has 0 heterocycles. The van der Waals surface area contributed by atoms with E-state index >= 15 is 0 Å². The largest absolute Gasteiger partial charge is 0.326 e. The van der Waals surface area contributed by atoms with Crippen molar-refractivity contribution in [2.24, 2.45) is 5.73 Å². The summed E-state index contributed by atoms with van der Waals surface area (Å²) in [7, 11) is -2.95. The number of hydrogen-bond acceptors (Lipinski definition) is 3. The molecule has 0 unspecified atom stereocenters. The van der Waals surface area contributed by atoms with Gasteiger partial charge >= 0.3 is 0 Å². The fourth-order valence-electron chi connectivity index (χ4n) is 3.06. The van der Waals surface area contributed by atoms with E-state index in [0.717, 1.165) is 36.8 Å². The van der Waals surface area contributed by atoms with Gasteiger partial charge in [0, 0.05) is 18.2 Å². The maximum absolute atomic E-state index is 11.7. The Hall–Kier alpha value is -0.870. The van der Waals surface area contributed by atoms with Crippen molar-refractivity contribution in [3.05, 3.63) is 35.4 Å². The van der Waals surface area contributed by atoms with E-state index in [1.165, 1.54) is 6.26 Å². The second-order valence-corrected chi connectivity index (χ2v) is 7.60. The Morgan fingerprint density at radius 2 is 1.72 bits per heavy atom. The minimum absolute atomic E-state index is 0.166. The average molecular weight is 267 g/mol. The highest BCUT2D eigenvalue weighted by Crippen LogP contribution is 2.42. The molecule has 1 fully saturated rings. The summed E-state index contributed by atoms with van der Waals surface area (Å²) in [6.07, 6.45) is 5.52. The van der Waals surface area contributed by atoms with Gasteiger partial charge in [-0.05, 0) is 24.0 Å². The fraction of sp³-hybridized carbons (Fsp3) is 0.571. The standard InChI is InChI=1S/C14H21NO2S/c1-18(16,17)11-14(8-2-3-9-14)13-6-4-12(10-15)5-7-13/h4-7H,2-3,8-11,15H2,1H3. The quantitative estimate of drug-likeness (QED) is 0.907. The van der Waals surface area contributed by atoms with Gasteiger partial charge < -0.3 is 5.73 Å². The molecular weight excluding hydrogens is 246 g/mol. The first-order valence-electron chi connectivity index (χ1n) is 6.42. The molecule has 0 aromatic heterocycles. The molecule has 0 radical (unpaired) electrons. The van der Waals surface area contributed by atoms with Gasteiger partial charge in [0.1, 0.15) is 9.84 Å². The van der Waals surface area contributed by atoms with Crippen molar-refractivity contribution in [1.29, 1.82) is 0 Å². The first-order valence-corrected chi connectivity index (χ1v) is 8.48. The molecule has 0 saturated heterocycles. The van der Waals surface area contributed by atoms with E-state index in [0.29, 0.717) is 6.54 Å². The monoisotopic (exact) mass is 267 g/mol. The summed E-state index contributed by atoms with van der Waals surface area (Å²) < 4.78 is 23.3. The van der Waals surface area contributed by atoms with E-state index in [9.17, 15) is 8.42 Å². The maximum atomic E-state index is 11.7. The molecule has 1 aromatic carbocycles. The number of rotatable bonds is 4. The fourth-order valence-corrected chi connectivity index (χ4v) is 4.52. The zero-order valence-corrected chi connectivity index (χ0v) is 11.7. The van der Waals surface area contributed by atoms with Crippen LogP contribution in [0.1, 0.15) is 36.8 Å². The summed E-state index contributed by atoms with van der Waals surface area (Å²) in [4.78, 5) is 0. The Kier molecular flexibility index (Phi) is 3.78. The van der Waals surface area contributed by atoms with Crippen LogP contribution < -0.4 is 5.73 Å². The molecule has 0 atom stereocenters. The van der Waals surface area contributed by atoms with Gasteiger partial charge in [-0.1, -0.05) is 37.1 Å². The Morgan fingerprint density at radius 3 is 2.17 bits per heavy atom. The van der Waals surface area contributed by atoms with Crippen LogP contribution in [0.5, 0.6) is 0 Å². The first-order chi connectivity index (χ1) is 8.45. The Balaban J connectivity index is 2.34. The topological polar surface area (TPSA) is 60.2 Å². The van der Waals surface area contributed by atoms with Crippen LogP contribution in [0, 0.1) is 0 Å². The van der Waals surface area contributed by atoms with E-state index in [-0.39, 0.29) is 11.2 Å². The highest BCUT2D eigenvalue weighted by Gasteiger charge is 2.38. The van der Waals surface area contributed by atoms with Crippen molar-refractivity contribution < 1.29 is 8.42 Å².